The zero-order chi connectivity index (χ0) is 47.1. The number of fused-ring (bicyclic) bond motifs is 1. The van der Waals surface area contributed by atoms with Crippen molar-refractivity contribution in [2.75, 3.05) is 38.2 Å². The van der Waals surface area contributed by atoms with Crippen molar-refractivity contribution in [1.29, 1.82) is 0 Å². The standard InChI is InChI=1S/C49H59N7O10/c1-32-34(17-22-38-46(32)55-48(65)49(38,35-14-8-2-3-9-15-35)36-18-20-37(57)21-19-36)30-66-31-53-42(60)28-52-47(64)39(26-33-12-6-4-7-13-33)54-43(61)29-51-41(59)27-50-40(58)16-10-5-11-25-56-44(62)23-24-45(56)63/h4,6-7,12-13,17-24,35,39,57H,2-3,5,8-11,14-16,25-31H2,1H3,(H,50,58)(H,51,59)(H,52,64)(H,53,60)(H,54,61)(H,55,65)/t39-,49-/m0/s1. The maximum Gasteiger partial charge on any atom is 0.253 e. The molecule has 1 saturated carbocycles. The molecule has 2 heterocycles. The van der Waals surface area contributed by atoms with Crippen LogP contribution in [-0.2, 0) is 61.5 Å². The van der Waals surface area contributed by atoms with Gasteiger partial charge < -0.3 is 41.7 Å². The molecule has 0 unspecified atom stereocenters. The summed E-state index contributed by atoms with van der Waals surface area (Å²) in [5.74, 6) is -3.35. The lowest BCUT2D eigenvalue weighted by Gasteiger charge is -2.36. The molecule has 3 aliphatic rings. The average molecular weight is 906 g/mol. The second-order valence-electron chi connectivity index (χ2n) is 16.9. The molecule has 350 valence electrons. The predicted octanol–water partition coefficient (Wildman–Crippen LogP) is 3.06. The van der Waals surface area contributed by atoms with Gasteiger partial charge in [-0.3, -0.25) is 43.3 Å². The van der Waals surface area contributed by atoms with Crippen LogP contribution in [0.5, 0.6) is 5.75 Å². The fourth-order valence-electron chi connectivity index (χ4n) is 8.94. The largest absolute Gasteiger partial charge is 0.508 e. The molecule has 0 spiro atoms. The van der Waals surface area contributed by atoms with Gasteiger partial charge in [-0.2, -0.15) is 0 Å². The van der Waals surface area contributed by atoms with E-state index < -0.39 is 48.2 Å². The quantitative estimate of drug-likeness (QED) is 0.0337. The molecule has 0 aromatic heterocycles. The topological polar surface area (TPSA) is 241 Å². The van der Waals surface area contributed by atoms with Crippen LogP contribution in [0.25, 0.3) is 0 Å². The molecule has 0 saturated heterocycles. The first kappa shape index (κ1) is 48.6. The number of unbranched alkanes of at least 4 members (excludes halogenated alkanes) is 2. The van der Waals surface area contributed by atoms with Crippen molar-refractivity contribution in [2.24, 2.45) is 5.92 Å². The van der Waals surface area contributed by atoms with Crippen LogP contribution in [0.15, 0.2) is 78.9 Å². The molecule has 1 fully saturated rings. The van der Waals surface area contributed by atoms with E-state index in [9.17, 15) is 43.5 Å². The summed E-state index contributed by atoms with van der Waals surface area (Å²) in [5.41, 5.74) is 4.06. The van der Waals surface area contributed by atoms with E-state index in [2.05, 4.69) is 31.9 Å². The van der Waals surface area contributed by atoms with E-state index in [1.807, 2.05) is 37.3 Å². The van der Waals surface area contributed by atoms with E-state index >= 15 is 0 Å². The van der Waals surface area contributed by atoms with Gasteiger partial charge in [-0.25, -0.2) is 0 Å². The Labute approximate surface area is 383 Å². The van der Waals surface area contributed by atoms with Gasteiger partial charge in [-0.15, -0.1) is 0 Å². The Kier molecular flexibility index (Phi) is 17.2. The van der Waals surface area contributed by atoms with Gasteiger partial charge in [0, 0.05) is 37.2 Å². The highest BCUT2D eigenvalue weighted by atomic mass is 16.5. The fraction of sp³-hybridized carbons (Fsp3) is 0.429. The number of imide groups is 1. The third kappa shape index (κ3) is 12.5. The molecule has 0 bridgehead atoms. The van der Waals surface area contributed by atoms with Crippen LogP contribution >= 0.6 is 0 Å². The summed E-state index contributed by atoms with van der Waals surface area (Å²) in [4.78, 5) is 102. The summed E-state index contributed by atoms with van der Waals surface area (Å²) in [6, 6.07) is 18.8. The zero-order valence-electron chi connectivity index (χ0n) is 37.2. The first-order valence-corrected chi connectivity index (χ1v) is 22.6. The van der Waals surface area contributed by atoms with E-state index in [1.165, 1.54) is 12.2 Å². The number of carbonyl (C=O) groups excluding carboxylic acids is 8. The molecule has 6 rings (SSSR count). The van der Waals surface area contributed by atoms with Crippen LogP contribution in [0, 0.1) is 12.8 Å². The number of rotatable bonds is 22. The molecule has 8 amide bonds. The highest BCUT2D eigenvalue weighted by molar-refractivity contribution is 6.13. The molecule has 66 heavy (non-hydrogen) atoms. The highest BCUT2D eigenvalue weighted by Crippen LogP contribution is 2.53. The van der Waals surface area contributed by atoms with Crippen LogP contribution in [0.1, 0.15) is 92.0 Å². The third-order valence-electron chi connectivity index (χ3n) is 12.5. The van der Waals surface area contributed by atoms with E-state index in [1.54, 1.807) is 36.4 Å². The minimum absolute atomic E-state index is 0.0744. The Morgan fingerprint density at radius 2 is 1.41 bits per heavy atom. The van der Waals surface area contributed by atoms with E-state index in [0.717, 1.165) is 76.9 Å². The predicted molar refractivity (Wildman–Crippen MR) is 243 cm³/mol. The summed E-state index contributed by atoms with van der Waals surface area (Å²) in [6.07, 6.45) is 10.5. The van der Waals surface area contributed by atoms with Crippen LogP contribution in [-0.4, -0.2) is 96.2 Å². The number of anilines is 1. The molecule has 3 aromatic rings. The monoisotopic (exact) mass is 905 g/mol. The number of aromatic hydroxyl groups is 1. The second-order valence-corrected chi connectivity index (χ2v) is 16.9. The first-order valence-electron chi connectivity index (χ1n) is 22.6. The van der Waals surface area contributed by atoms with Crippen molar-refractivity contribution in [3.05, 3.63) is 107 Å². The smallest absolute Gasteiger partial charge is 0.253 e. The molecule has 2 aliphatic heterocycles. The minimum Gasteiger partial charge on any atom is -0.508 e. The van der Waals surface area contributed by atoms with Crippen molar-refractivity contribution in [2.45, 2.75) is 95.6 Å². The SMILES string of the molecule is Cc1c(COCNC(=O)CNC(=O)[C@H](Cc2ccccc2)NC(=O)CNC(=O)CNC(=O)CCCCCN2C(=O)C=CC2=O)ccc2c1NC(=O)[C@]2(c1ccc(O)cc1)C1CCCCCC1. The number of hydrogen-bond donors (Lipinski definition) is 7. The van der Waals surface area contributed by atoms with Gasteiger partial charge in [0.25, 0.3) is 11.8 Å². The highest BCUT2D eigenvalue weighted by Gasteiger charge is 2.53. The molecular formula is C49H59N7O10. The van der Waals surface area contributed by atoms with Crippen molar-refractivity contribution in [3.8, 4) is 5.75 Å². The molecule has 1 aliphatic carbocycles. The Morgan fingerprint density at radius 3 is 2.12 bits per heavy atom. The second kappa shape index (κ2) is 23.3. The molecule has 0 radical (unpaired) electrons. The number of carbonyl (C=O) groups is 8. The van der Waals surface area contributed by atoms with Crippen LogP contribution < -0.4 is 31.9 Å². The van der Waals surface area contributed by atoms with Crippen LogP contribution in [0.4, 0.5) is 5.69 Å². The maximum atomic E-state index is 14.2. The Balaban J connectivity index is 0.935. The molecule has 7 N–H and O–H groups in total. The Morgan fingerprint density at radius 1 is 0.758 bits per heavy atom. The van der Waals surface area contributed by atoms with E-state index in [-0.39, 0.29) is 74.6 Å². The Bertz CT molecular complexity index is 2270. The summed E-state index contributed by atoms with van der Waals surface area (Å²) < 4.78 is 5.83. The van der Waals surface area contributed by atoms with E-state index in [4.69, 9.17) is 4.74 Å². The Hall–Kier alpha value is -6.88. The number of benzene rings is 3. The summed E-state index contributed by atoms with van der Waals surface area (Å²) in [6.45, 7) is 0.940. The lowest BCUT2D eigenvalue weighted by molar-refractivity contribution is -0.137. The number of amides is 8. The summed E-state index contributed by atoms with van der Waals surface area (Å²) in [7, 11) is 0. The normalized spacial score (nSPS) is 17.3. The summed E-state index contributed by atoms with van der Waals surface area (Å²) in [5, 5.41) is 26.0. The number of nitrogens with one attached hydrogen (secondary N) is 6. The van der Waals surface area contributed by atoms with Crippen LogP contribution in [0.2, 0.25) is 0 Å². The maximum absolute atomic E-state index is 14.2. The van der Waals surface area contributed by atoms with Gasteiger partial charge in [0.2, 0.25) is 35.4 Å². The minimum atomic E-state index is -1.09. The van der Waals surface area contributed by atoms with Gasteiger partial charge in [0.15, 0.2) is 0 Å². The molecule has 3 aromatic carbocycles. The van der Waals surface area contributed by atoms with Crippen molar-refractivity contribution >= 4 is 52.9 Å². The van der Waals surface area contributed by atoms with Crippen LogP contribution in [0.3, 0.4) is 0 Å². The lowest BCUT2D eigenvalue weighted by Crippen LogP contribution is -2.52. The van der Waals surface area contributed by atoms with Crippen molar-refractivity contribution in [1.82, 2.24) is 31.5 Å². The number of nitrogens with zero attached hydrogens (tertiary/aromatic N) is 1. The summed E-state index contributed by atoms with van der Waals surface area (Å²) >= 11 is 0. The number of phenols is 1. The third-order valence-corrected chi connectivity index (χ3v) is 12.5. The molecular weight excluding hydrogens is 847 g/mol. The molecule has 17 heteroatoms. The van der Waals surface area contributed by atoms with Gasteiger partial charge >= 0.3 is 0 Å². The zero-order valence-corrected chi connectivity index (χ0v) is 37.2. The number of phenolic OH excluding ortho intramolecular Hbond substituents is 1. The van der Waals surface area contributed by atoms with E-state index in [0.29, 0.717) is 19.3 Å². The van der Waals surface area contributed by atoms with Gasteiger partial charge in [-0.1, -0.05) is 86.7 Å². The van der Waals surface area contributed by atoms with Gasteiger partial charge in [0.1, 0.15) is 23.9 Å². The van der Waals surface area contributed by atoms with Gasteiger partial charge in [0.05, 0.1) is 26.2 Å². The van der Waals surface area contributed by atoms with Crippen molar-refractivity contribution < 1.29 is 48.2 Å². The lowest BCUT2D eigenvalue weighted by atomic mass is 9.63. The molecule has 17 nitrogen and oxygen atoms in total. The number of hydrogen-bond acceptors (Lipinski definition) is 10. The van der Waals surface area contributed by atoms with Crippen molar-refractivity contribution in [3.63, 3.8) is 0 Å². The van der Waals surface area contributed by atoms with Gasteiger partial charge in [-0.05, 0) is 78.5 Å². The average Bonchev–Trinajstić information content (AvgIpc) is 3.63. The molecule has 2 atom stereocenters. The number of ether oxygens (including phenoxy) is 1. The fourth-order valence-corrected chi connectivity index (χ4v) is 8.94. The first-order chi connectivity index (χ1) is 31.9.